The molecule has 0 nitrogen and oxygen atoms in total. The summed E-state index contributed by atoms with van der Waals surface area (Å²) in [6, 6.07) is 51.3. The lowest BCUT2D eigenvalue weighted by Gasteiger charge is -2.18. The molecule has 0 aliphatic carbocycles. The van der Waals surface area contributed by atoms with Gasteiger partial charge in [0.25, 0.3) is 0 Å². The summed E-state index contributed by atoms with van der Waals surface area (Å²) >= 11 is 0. The van der Waals surface area contributed by atoms with Crippen molar-refractivity contribution < 1.29 is 6.85 Å². The zero-order chi connectivity index (χ0) is 34.8. The van der Waals surface area contributed by atoms with Crippen LogP contribution in [-0.2, 0) is 0 Å². The van der Waals surface area contributed by atoms with Crippen LogP contribution in [0, 0.1) is 0 Å². The van der Waals surface area contributed by atoms with Gasteiger partial charge < -0.3 is 0 Å². The molecule has 9 rings (SSSR count). The normalized spacial score (nSPS) is 13.0. The van der Waals surface area contributed by atoms with E-state index in [4.69, 9.17) is 6.85 Å². The van der Waals surface area contributed by atoms with Gasteiger partial charge in [-0.15, -0.1) is 0 Å². The van der Waals surface area contributed by atoms with Gasteiger partial charge in [-0.3, -0.25) is 0 Å². The smallest absolute Gasteiger partial charge is 0.0622 e. The van der Waals surface area contributed by atoms with E-state index in [9.17, 15) is 0 Å². The van der Waals surface area contributed by atoms with Crippen LogP contribution >= 0.6 is 0 Å². The van der Waals surface area contributed by atoms with Gasteiger partial charge in [0.1, 0.15) is 0 Å². The molecule has 46 heavy (non-hydrogen) atoms. The van der Waals surface area contributed by atoms with E-state index in [1.807, 2.05) is 36.4 Å². The molecule has 0 aliphatic heterocycles. The molecule has 0 bridgehead atoms. The Labute approximate surface area is 275 Å². The molecule has 0 aromatic heterocycles. The van der Waals surface area contributed by atoms with E-state index in [1.54, 1.807) is 0 Å². The van der Waals surface area contributed by atoms with Crippen LogP contribution in [0.2, 0.25) is 0 Å². The van der Waals surface area contributed by atoms with Gasteiger partial charge in [-0.2, -0.15) is 0 Å². The first-order chi connectivity index (χ1) is 24.9. The molecule has 9 aromatic carbocycles. The van der Waals surface area contributed by atoms with Gasteiger partial charge >= 0.3 is 0 Å². The molecule has 0 atom stereocenters. The lowest BCUT2D eigenvalue weighted by molar-refractivity contribution is 1.62. The van der Waals surface area contributed by atoms with E-state index in [0.717, 1.165) is 43.8 Å². The summed E-state index contributed by atoms with van der Waals surface area (Å²) in [6.07, 6.45) is 0. The molecule has 0 fully saturated rings. The molecule has 214 valence electrons. The Balaban J connectivity index is 1.27. The third-order valence-corrected chi connectivity index (χ3v) is 9.13. The van der Waals surface area contributed by atoms with Crippen molar-refractivity contribution in [2.24, 2.45) is 0 Å². The molecule has 0 spiro atoms. The van der Waals surface area contributed by atoms with Gasteiger partial charge in [0.05, 0.1) is 6.85 Å². The van der Waals surface area contributed by atoms with Gasteiger partial charge in [0.2, 0.25) is 0 Å². The van der Waals surface area contributed by atoms with E-state index in [1.165, 1.54) is 32.7 Å². The average Bonchev–Trinajstić information content (AvgIpc) is 3.18. The molecule has 9 aromatic rings. The van der Waals surface area contributed by atoms with Crippen LogP contribution in [0.15, 0.2) is 182 Å². The Morgan fingerprint density at radius 2 is 0.783 bits per heavy atom. The molecule has 0 heterocycles. The molecule has 0 unspecified atom stereocenters. The minimum Gasteiger partial charge on any atom is -0.0622 e. The monoisotopic (exact) mass is 587 g/mol. The van der Waals surface area contributed by atoms with Crippen LogP contribution in [0.3, 0.4) is 0 Å². The van der Waals surface area contributed by atoms with Crippen molar-refractivity contribution in [3.63, 3.8) is 0 Å². The Morgan fingerprint density at radius 1 is 0.304 bits per heavy atom. The first-order valence-corrected chi connectivity index (χ1v) is 15.5. The van der Waals surface area contributed by atoms with Crippen molar-refractivity contribution in [3.05, 3.63) is 182 Å². The summed E-state index contributed by atoms with van der Waals surface area (Å²) in [5, 5.41) is 8.37. The maximum Gasteiger partial charge on any atom is 0.0629 e. The van der Waals surface area contributed by atoms with E-state index < -0.39 is 6.04 Å². The second-order valence-electron chi connectivity index (χ2n) is 11.7. The summed E-state index contributed by atoms with van der Waals surface area (Å²) in [5.74, 6) is 0. The molecule has 0 amide bonds. The highest BCUT2D eigenvalue weighted by Gasteiger charge is 2.17. The van der Waals surface area contributed by atoms with E-state index in [2.05, 4.69) is 115 Å². The zero-order valence-corrected chi connectivity index (χ0v) is 24.9. The fraction of sp³-hybridized carbons (Fsp3) is 0. The Morgan fingerprint density at radius 3 is 1.39 bits per heavy atom. The SMILES string of the molecule is [2H]c1c([2H])c([2H])c(-c2c3ccccc3c(-c3cccc(-c4ccc(-c5ccc6ccccc6c5)c5ccccc45)c3)c3ccccc23)c([2H])c1[2H]. The largest absolute Gasteiger partial charge is 0.0629 e. The molecular weight excluding hydrogens is 553 g/mol. The predicted molar refractivity (Wildman–Crippen MR) is 198 cm³/mol. The van der Waals surface area contributed by atoms with Crippen molar-refractivity contribution in [2.45, 2.75) is 0 Å². The highest BCUT2D eigenvalue weighted by molar-refractivity contribution is 6.21. The van der Waals surface area contributed by atoms with Gasteiger partial charge in [0, 0.05) is 0 Å². The lowest BCUT2D eigenvalue weighted by atomic mass is 9.85. The molecule has 0 heteroatoms. The number of benzene rings is 9. The summed E-state index contributed by atoms with van der Waals surface area (Å²) in [7, 11) is 0. The van der Waals surface area contributed by atoms with Crippen molar-refractivity contribution in [1.82, 2.24) is 0 Å². The summed E-state index contributed by atoms with van der Waals surface area (Å²) < 4.78 is 42.8. The number of hydrogen-bond donors (Lipinski definition) is 0. The number of rotatable bonds is 4. The summed E-state index contributed by atoms with van der Waals surface area (Å²) in [6.45, 7) is 0. The van der Waals surface area contributed by atoms with Gasteiger partial charge in [-0.05, 0) is 99.7 Å². The Kier molecular flexibility index (Phi) is 5.12. The van der Waals surface area contributed by atoms with Crippen LogP contribution in [0.5, 0.6) is 0 Å². The van der Waals surface area contributed by atoms with Crippen LogP contribution in [0.25, 0.3) is 87.6 Å². The van der Waals surface area contributed by atoms with Crippen LogP contribution < -0.4 is 0 Å². The van der Waals surface area contributed by atoms with Crippen molar-refractivity contribution in [1.29, 1.82) is 0 Å². The molecule has 0 saturated heterocycles. The average molecular weight is 588 g/mol. The fourth-order valence-electron chi connectivity index (χ4n) is 7.09. The molecular formula is C46H30. The topological polar surface area (TPSA) is 0 Å². The minimum atomic E-state index is -0.395. The predicted octanol–water partition coefficient (Wildman–Crippen LogP) is 13.0. The van der Waals surface area contributed by atoms with Crippen LogP contribution in [0.4, 0.5) is 0 Å². The standard InChI is InChI=1S/C46H30/c1-2-14-32(15-3-1)45-41-21-8-10-23-43(41)46(44-24-11-9-22-42(44)45)36-18-12-17-34(30-36)37-27-28-38(40-20-7-6-19-39(37)40)35-26-25-31-13-4-5-16-33(31)29-35/h1-30H/i1D,2D,3D,14D,15D. The van der Waals surface area contributed by atoms with Gasteiger partial charge in [0.15, 0.2) is 0 Å². The van der Waals surface area contributed by atoms with E-state index in [-0.39, 0.29) is 29.7 Å². The van der Waals surface area contributed by atoms with E-state index in [0.29, 0.717) is 5.56 Å². The van der Waals surface area contributed by atoms with Crippen LogP contribution in [-0.4, -0.2) is 0 Å². The fourth-order valence-corrected chi connectivity index (χ4v) is 7.09. The van der Waals surface area contributed by atoms with Crippen LogP contribution in [0.1, 0.15) is 6.85 Å². The quantitative estimate of drug-likeness (QED) is 0.180. The first-order valence-electron chi connectivity index (χ1n) is 18.0. The zero-order valence-electron chi connectivity index (χ0n) is 29.9. The molecule has 0 N–H and O–H groups in total. The highest BCUT2D eigenvalue weighted by atomic mass is 14.2. The Bertz CT molecular complexity index is 2790. The third kappa shape index (κ3) is 4.30. The maximum atomic E-state index is 8.86. The van der Waals surface area contributed by atoms with Gasteiger partial charge in [-0.1, -0.05) is 170 Å². The second-order valence-corrected chi connectivity index (χ2v) is 11.7. The second kappa shape index (κ2) is 10.9. The summed E-state index contributed by atoms with van der Waals surface area (Å²) in [4.78, 5) is 0. The highest BCUT2D eigenvalue weighted by Crippen LogP contribution is 2.45. The molecule has 0 radical (unpaired) electrons. The third-order valence-electron chi connectivity index (χ3n) is 9.13. The van der Waals surface area contributed by atoms with Gasteiger partial charge in [-0.25, -0.2) is 0 Å². The number of fused-ring (bicyclic) bond motifs is 4. The Hall–Kier alpha value is -5.98. The van der Waals surface area contributed by atoms with Crippen molar-refractivity contribution in [2.75, 3.05) is 0 Å². The lowest BCUT2D eigenvalue weighted by Crippen LogP contribution is -1.91. The molecule has 0 aliphatic rings. The van der Waals surface area contributed by atoms with Crippen molar-refractivity contribution >= 4 is 43.1 Å². The molecule has 0 saturated carbocycles. The maximum absolute atomic E-state index is 8.86. The minimum absolute atomic E-state index is 0.204. The van der Waals surface area contributed by atoms with E-state index >= 15 is 0 Å². The first kappa shape index (κ1) is 21.7. The number of hydrogen-bond acceptors (Lipinski definition) is 0. The van der Waals surface area contributed by atoms with Crippen molar-refractivity contribution in [3.8, 4) is 44.5 Å². The summed E-state index contributed by atoms with van der Waals surface area (Å²) in [5.41, 5.74) is 7.54.